The topological polar surface area (TPSA) is 105 Å². The standard InChI is InChI=1S/C15H21N3O3/c1-10-5-6-11(13(16)21)14(17-10)18-15(9-12(19)20)7-3-2-4-8-15/h5-6H,2-4,7-9H2,1H3,(H2,16,21)(H,17,18)(H,19,20). The molecule has 0 aliphatic heterocycles. The summed E-state index contributed by atoms with van der Waals surface area (Å²) in [6.07, 6.45) is 4.57. The summed E-state index contributed by atoms with van der Waals surface area (Å²) in [5, 5.41) is 12.4. The fourth-order valence-corrected chi connectivity index (χ4v) is 2.97. The van der Waals surface area contributed by atoms with Crippen molar-refractivity contribution >= 4 is 17.7 Å². The molecule has 0 unspecified atom stereocenters. The minimum atomic E-state index is -0.849. The maximum atomic E-state index is 11.5. The summed E-state index contributed by atoms with van der Waals surface area (Å²) in [6.45, 7) is 1.82. The first-order chi connectivity index (χ1) is 9.92. The van der Waals surface area contributed by atoms with E-state index in [-0.39, 0.29) is 6.42 Å². The molecule has 1 heterocycles. The number of hydrogen-bond donors (Lipinski definition) is 3. The molecule has 6 heteroatoms. The van der Waals surface area contributed by atoms with Crippen molar-refractivity contribution in [3.8, 4) is 0 Å². The number of aliphatic carboxylic acids is 1. The van der Waals surface area contributed by atoms with Gasteiger partial charge in [0.1, 0.15) is 5.82 Å². The van der Waals surface area contributed by atoms with Gasteiger partial charge in [-0.1, -0.05) is 19.3 Å². The average molecular weight is 291 g/mol. The molecule has 2 rings (SSSR count). The molecule has 21 heavy (non-hydrogen) atoms. The van der Waals surface area contributed by atoms with Crippen LogP contribution in [0.4, 0.5) is 5.82 Å². The maximum absolute atomic E-state index is 11.5. The summed E-state index contributed by atoms with van der Waals surface area (Å²) in [4.78, 5) is 27.1. The van der Waals surface area contributed by atoms with Gasteiger partial charge in [-0.25, -0.2) is 4.98 Å². The van der Waals surface area contributed by atoms with Gasteiger partial charge in [0, 0.05) is 11.2 Å². The number of nitrogens with zero attached hydrogens (tertiary/aromatic N) is 1. The summed E-state index contributed by atoms with van der Waals surface area (Å²) in [7, 11) is 0. The van der Waals surface area contributed by atoms with E-state index in [2.05, 4.69) is 10.3 Å². The first-order valence-corrected chi connectivity index (χ1v) is 7.19. The van der Waals surface area contributed by atoms with Crippen LogP contribution in [0.1, 0.15) is 54.6 Å². The Morgan fingerprint density at radius 3 is 2.57 bits per heavy atom. The van der Waals surface area contributed by atoms with Crippen LogP contribution in [-0.2, 0) is 4.79 Å². The Labute approximate surface area is 123 Å². The third-order valence-electron chi connectivity index (χ3n) is 3.98. The number of aromatic nitrogens is 1. The second-order valence-electron chi connectivity index (χ2n) is 5.75. The number of anilines is 1. The number of aryl methyl sites for hydroxylation is 1. The fourth-order valence-electron chi connectivity index (χ4n) is 2.97. The Hall–Kier alpha value is -2.11. The molecule has 0 aromatic carbocycles. The lowest BCUT2D eigenvalue weighted by molar-refractivity contribution is -0.138. The number of nitrogens with one attached hydrogen (secondary N) is 1. The van der Waals surface area contributed by atoms with Crippen LogP contribution in [0, 0.1) is 6.92 Å². The lowest BCUT2D eigenvalue weighted by atomic mass is 9.79. The third kappa shape index (κ3) is 3.71. The number of hydrogen-bond acceptors (Lipinski definition) is 4. The maximum Gasteiger partial charge on any atom is 0.305 e. The smallest absolute Gasteiger partial charge is 0.305 e. The Balaban J connectivity index is 2.34. The number of rotatable bonds is 5. The molecule has 1 aliphatic carbocycles. The number of pyridine rings is 1. The van der Waals surface area contributed by atoms with E-state index in [0.29, 0.717) is 11.4 Å². The highest BCUT2D eigenvalue weighted by Gasteiger charge is 2.35. The van der Waals surface area contributed by atoms with Crippen molar-refractivity contribution in [3.05, 3.63) is 23.4 Å². The number of primary amides is 1. The number of carbonyl (C=O) groups is 2. The quantitative estimate of drug-likeness (QED) is 0.770. The van der Waals surface area contributed by atoms with Gasteiger partial charge in [0.05, 0.1) is 12.0 Å². The predicted octanol–water partition coefficient (Wildman–Crippen LogP) is 2.08. The van der Waals surface area contributed by atoms with Crippen LogP contribution in [0.3, 0.4) is 0 Å². The highest BCUT2D eigenvalue weighted by atomic mass is 16.4. The summed E-state index contributed by atoms with van der Waals surface area (Å²) in [5.41, 5.74) is 5.89. The molecule has 0 saturated heterocycles. The molecule has 114 valence electrons. The van der Waals surface area contributed by atoms with E-state index >= 15 is 0 Å². The van der Waals surface area contributed by atoms with Crippen LogP contribution in [0.15, 0.2) is 12.1 Å². The van der Waals surface area contributed by atoms with Gasteiger partial charge >= 0.3 is 5.97 Å². The zero-order valence-electron chi connectivity index (χ0n) is 12.2. The van der Waals surface area contributed by atoms with Crippen molar-refractivity contribution in [1.82, 2.24) is 4.98 Å². The van der Waals surface area contributed by atoms with Crippen molar-refractivity contribution in [2.45, 2.75) is 51.0 Å². The second-order valence-corrected chi connectivity index (χ2v) is 5.75. The number of carbonyl (C=O) groups excluding carboxylic acids is 1. The molecular formula is C15H21N3O3. The Kier molecular flexibility index (Phi) is 4.45. The molecule has 0 spiro atoms. The van der Waals surface area contributed by atoms with Gasteiger partial charge in [-0.3, -0.25) is 9.59 Å². The molecule has 1 aromatic rings. The number of amides is 1. The molecule has 1 aliphatic rings. The van der Waals surface area contributed by atoms with Crippen molar-refractivity contribution in [2.75, 3.05) is 5.32 Å². The van der Waals surface area contributed by atoms with Crippen molar-refractivity contribution in [2.24, 2.45) is 5.73 Å². The molecule has 1 fully saturated rings. The predicted molar refractivity (Wildman–Crippen MR) is 79.2 cm³/mol. The van der Waals surface area contributed by atoms with Crippen molar-refractivity contribution in [1.29, 1.82) is 0 Å². The first-order valence-electron chi connectivity index (χ1n) is 7.19. The summed E-state index contributed by atoms with van der Waals surface area (Å²) in [6, 6.07) is 3.35. The molecule has 1 saturated carbocycles. The molecular weight excluding hydrogens is 270 g/mol. The minimum absolute atomic E-state index is 0.0147. The van der Waals surface area contributed by atoms with Crippen LogP contribution < -0.4 is 11.1 Å². The van der Waals surface area contributed by atoms with Gasteiger partial charge < -0.3 is 16.2 Å². The Morgan fingerprint density at radius 1 is 1.33 bits per heavy atom. The van der Waals surface area contributed by atoms with Gasteiger partial charge in [-0.2, -0.15) is 0 Å². The van der Waals surface area contributed by atoms with Gasteiger partial charge in [-0.15, -0.1) is 0 Å². The largest absolute Gasteiger partial charge is 0.481 e. The van der Waals surface area contributed by atoms with E-state index in [4.69, 9.17) is 5.73 Å². The zero-order chi connectivity index (χ0) is 15.5. The highest BCUT2D eigenvalue weighted by molar-refractivity contribution is 5.97. The van der Waals surface area contributed by atoms with Gasteiger partial charge in [0.25, 0.3) is 5.91 Å². The molecule has 0 radical (unpaired) electrons. The molecule has 1 amide bonds. The second kappa shape index (κ2) is 6.11. The summed E-state index contributed by atoms with van der Waals surface area (Å²) in [5.74, 6) is -1.02. The zero-order valence-corrected chi connectivity index (χ0v) is 12.2. The normalized spacial score (nSPS) is 17.2. The Morgan fingerprint density at radius 2 is 2.00 bits per heavy atom. The van der Waals surface area contributed by atoms with E-state index in [1.165, 1.54) is 0 Å². The van der Waals surface area contributed by atoms with Gasteiger partial charge in [0.15, 0.2) is 0 Å². The number of nitrogens with two attached hydrogens (primary N) is 1. The molecule has 4 N–H and O–H groups in total. The van der Waals surface area contributed by atoms with E-state index in [0.717, 1.165) is 37.8 Å². The molecule has 0 atom stereocenters. The van der Waals surface area contributed by atoms with Crippen LogP contribution in [0.25, 0.3) is 0 Å². The lowest BCUT2D eigenvalue weighted by Gasteiger charge is -2.37. The molecule has 6 nitrogen and oxygen atoms in total. The monoisotopic (exact) mass is 291 g/mol. The lowest BCUT2D eigenvalue weighted by Crippen LogP contribution is -2.43. The summed E-state index contributed by atoms with van der Waals surface area (Å²) >= 11 is 0. The van der Waals surface area contributed by atoms with Gasteiger partial charge in [0.2, 0.25) is 0 Å². The van der Waals surface area contributed by atoms with E-state index in [1.54, 1.807) is 12.1 Å². The molecule has 0 bridgehead atoms. The highest BCUT2D eigenvalue weighted by Crippen LogP contribution is 2.34. The minimum Gasteiger partial charge on any atom is -0.481 e. The third-order valence-corrected chi connectivity index (χ3v) is 3.98. The molecule has 1 aromatic heterocycles. The van der Waals surface area contributed by atoms with Crippen LogP contribution in [0.5, 0.6) is 0 Å². The van der Waals surface area contributed by atoms with Gasteiger partial charge in [-0.05, 0) is 31.9 Å². The number of carboxylic acids is 1. The summed E-state index contributed by atoms with van der Waals surface area (Å²) < 4.78 is 0. The average Bonchev–Trinajstić information content (AvgIpc) is 2.38. The Bertz CT molecular complexity index is 551. The van der Waals surface area contributed by atoms with E-state index < -0.39 is 17.4 Å². The van der Waals surface area contributed by atoms with Crippen molar-refractivity contribution < 1.29 is 14.7 Å². The fraction of sp³-hybridized carbons (Fsp3) is 0.533. The van der Waals surface area contributed by atoms with Crippen LogP contribution in [0.2, 0.25) is 0 Å². The van der Waals surface area contributed by atoms with Crippen molar-refractivity contribution in [3.63, 3.8) is 0 Å². The van der Waals surface area contributed by atoms with E-state index in [9.17, 15) is 14.7 Å². The first kappa shape index (κ1) is 15.3. The number of carboxylic acid groups (broad SMARTS) is 1. The van der Waals surface area contributed by atoms with Crippen LogP contribution in [-0.4, -0.2) is 27.5 Å². The van der Waals surface area contributed by atoms with Crippen LogP contribution >= 0.6 is 0 Å². The SMILES string of the molecule is Cc1ccc(C(N)=O)c(NC2(CC(=O)O)CCCCC2)n1. The van der Waals surface area contributed by atoms with E-state index in [1.807, 2.05) is 6.92 Å².